The fourth-order valence-electron chi connectivity index (χ4n) is 2.48. The fraction of sp³-hybridized carbons (Fsp3) is 0.500. The average Bonchev–Trinajstić information content (AvgIpc) is 3.09. The number of anilines is 1. The van der Waals surface area contributed by atoms with Gasteiger partial charge in [-0.25, -0.2) is 19.5 Å². The van der Waals surface area contributed by atoms with Crippen molar-refractivity contribution in [3.05, 3.63) is 23.1 Å². The fourth-order valence-corrected chi connectivity index (χ4v) is 2.82. The predicted octanol–water partition coefficient (Wildman–Crippen LogP) is 0.484. The van der Waals surface area contributed by atoms with E-state index in [1.165, 1.54) is 12.7 Å². The predicted molar refractivity (Wildman–Crippen MR) is 79.2 cm³/mol. The van der Waals surface area contributed by atoms with Crippen LogP contribution >= 0.6 is 7.82 Å². The molecule has 0 bridgehead atoms. The number of phosphoric ester groups is 1. The molecule has 0 radical (unpaired) electrons. The Hall–Kier alpha value is -2.27. The summed E-state index contributed by atoms with van der Waals surface area (Å²) in [6.45, 7) is -0.422. The van der Waals surface area contributed by atoms with Crippen LogP contribution in [-0.2, 0) is 13.8 Å². The lowest BCUT2D eigenvalue weighted by Gasteiger charge is -2.16. The number of hydrogen-bond acceptors (Lipinski definition) is 8. The van der Waals surface area contributed by atoms with E-state index in [1.54, 1.807) is 4.57 Å². The van der Waals surface area contributed by atoms with Gasteiger partial charge in [-0.3, -0.25) is 9.09 Å². The van der Waals surface area contributed by atoms with Crippen LogP contribution < -0.4 is 5.73 Å². The highest BCUT2D eigenvalue weighted by atomic mass is 31.2. The average molecular weight is 356 g/mol. The summed E-state index contributed by atoms with van der Waals surface area (Å²) in [6.07, 6.45) is 1.57. The van der Waals surface area contributed by atoms with Crippen molar-refractivity contribution >= 4 is 24.8 Å². The van der Waals surface area contributed by atoms with Crippen LogP contribution in [0.1, 0.15) is 12.6 Å². The van der Waals surface area contributed by atoms with Crippen molar-refractivity contribution in [3.8, 4) is 0 Å². The lowest BCUT2D eigenvalue weighted by atomic mass is 10.1. The number of azide groups is 1. The molecule has 1 aliphatic heterocycles. The first kappa shape index (κ1) is 16.6. The number of ether oxygens (including phenoxy) is 1. The largest absolute Gasteiger partial charge is 0.469 e. The van der Waals surface area contributed by atoms with E-state index >= 15 is 0 Å². The maximum atomic E-state index is 10.8. The molecule has 13 nitrogen and oxygen atoms in total. The molecule has 0 saturated carbocycles. The van der Waals surface area contributed by atoms with Crippen LogP contribution in [0, 0.1) is 0 Å². The van der Waals surface area contributed by atoms with Crippen molar-refractivity contribution in [2.75, 3.05) is 12.3 Å². The van der Waals surface area contributed by atoms with Gasteiger partial charge in [-0.05, 0) is 5.53 Å². The van der Waals surface area contributed by atoms with E-state index in [1.807, 2.05) is 0 Å². The first-order chi connectivity index (χ1) is 11.4. The summed E-state index contributed by atoms with van der Waals surface area (Å²) in [6, 6.07) is -0.664. The van der Waals surface area contributed by atoms with Gasteiger partial charge in [0, 0.05) is 11.3 Å². The first-order valence-corrected chi connectivity index (χ1v) is 8.25. The second kappa shape index (κ2) is 6.32. The van der Waals surface area contributed by atoms with E-state index < -0.39 is 32.8 Å². The van der Waals surface area contributed by atoms with E-state index in [2.05, 4.69) is 29.5 Å². The molecule has 1 aliphatic rings. The molecule has 24 heavy (non-hydrogen) atoms. The minimum atomic E-state index is -4.66. The Bertz CT molecular complexity index is 845. The van der Waals surface area contributed by atoms with Gasteiger partial charge in [-0.15, -0.1) is 0 Å². The molecule has 3 heterocycles. The molecule has 0 aromatic carbocycles. The summed E-state index contributed by atoms with van der Waals surface area (Å²) in [7, 11) is -4.66. The van der Waals surface area contributed by atoms with E-state index in [0.29, 0.717) is 11.2 Å². The monoisotopic (exact) mass is 356 g/mol. The standard InChI is InChI=1S/C10H13N8O5P/c11-9-8-10(14-3-13-9)18(4-15-8)7-1-5(16-17-12)6(23-7)2-22-24(19,20)21/h3-7H,1-2H2,(H2,11,13,14)(H2,19,20,21)/t5-,6-,7?/m1/s1. The third-order valence-electron chi connectivity index (χ3n) is 3.51. The molecule has 3 atom stereocenters. The molecule has 4 N–H and O–H groups in total. The molecule has 1 saturated heterocycles. The summed E-state index contributed by atoms with van der Waals surface area (Å²) in [5, 5.41) is 3.59. The Kier molecular flexibility index (Phi) is 4.37. The molecule has 0 spiro atoms. The Balaban J connectivity index is 1.85. The molecule has 1 unspecified atom stereocenters. The maximum absolute atomic E-state index is 10.8. The first-order valence-electron chi connectivity index (χ1n) is 6.72. The van der Waals surface area contributed by atoms with Crippen molar-refractivity contribution in [2.45, 2.75) is 24.8 Å². The zero-order chi connectivity index (χ0) is 17.3. The molecule has 2 aromatic heterocycles. The number of rotatable bonds is 5. The summed E-state index contributed by atoms with van der Waals surface area (Å²) in [5.41, 5.74) is 15.2. The lowest BCUT2D eigenvalue weighted by molar-refractivity contribution is -0.0230. The number of aromatic nitrogens is 4. The molecule has 128 valence electrons. The van der Waals surface area contributed by atoms with E-state index in [-0.39, 0.29) is 12.2 Å². The number of imidazole rings is 1. The highest BCUT2D eigenvalue weighted by molar-refractivity contribution is 7.46. The minimum absolute atomic E-state index is 0.213. The zero-order valence-electron chi connectivity index (χ0n) is 12.1. The van der Waals surface area contributed by atoms with E-state index in [4.69, 9.17) is 25.8 Å². The van der Waals surface area contributed by atoms with Gasteiger partial charge in [-0.2, -0.15) is 0 Å². The highest BCUT2D eigenvalue weighted by Gasteiger charge is 2.38. The van der Waals surface area contributed by atoms with Crippen LogP contribution in [0.25, 0.3) is 21.6 Å². The number of hydrogen-bond donors (Lipinski definition) is 3. The number of phosphoric acid groups is 1. The third-order valence-corrected chi connectivity index (χ3v) is 3.99. The van der Waals surface area contributed by atoms with Gasteiger partial charge in [0.25, 0.3) is 0 Å². The van der Waals surface area contributed by atoms with E-state index in [0.717, 1.165) is 0 Å². The quantitative estimate of drug-likeness (QED) is 0.295. The smallest absolute Gasteiger partial charge is 0.382 e. The van der Waals surface area contributed by atoms with E-state index in [9.17, 15) is 4.57 Å². The molecule has 0 amide bonds. The van der Waals surface area contributed by atoms with Gasteiger partial charge in [0.05, 0.1) is 25.1 Å². The Morgan fingerprint density at radius 1 is 1.54 bits per heavy atom. The zero-order valence-corrected chi connectivity index (χ0v) is 13.0. The van der Waals surface area contributed by atoms with Crippen molar-refractivity contribution in [1.29, 1.82) is 0 Å². The topological polar surface area (TPSA) is 194 Å². The molecular weight excluding hydrogens is 343 g/mol. The number of nitrogens with zero attached hydrogens (tertiary/aromatic N) is 7. The van der Waals surface area contributed by atoms with Crippen LogP contribution in [0.3, 0.4) is 0 Å². The minimum Gasteiger partial charge on any atom is -0.382 e. The van der Waals surface area contributed by atoms with Crippen molar-refractivity contribution < 1.29 is 23.6 Å². The van der Waals surface area contributed by atoms with Gasteiger partial charge >= 0.3 is 7.82 Å². The molecule has 0 aliphatic carbocycles. The van der Waals surface area contributed by atoms with Gasteiger partial charge in [0.2, 0.25) is 0 Å². The number of nitrogen functional groups attached to an aromatic ring is 1. The summed E-state index contributed by atoms with van der Waals surface area (Å²) in [4.78, 5) is 32.4. The third kappa shape index (κ3) is 3.31. The lowest BCUT2D eigenvalue weighted by Crippen LogP contribution is -2.24. The van der Waals surface area contributed by atoms with Crippen LogP contribution in [0.15, 0.2) is 17.8 Å². The van der Waals surface area contributed by atoms with Crippen molar-refractivity contribution in [1.82, 2.24) is 19.5 Å². The maximum Gasteiger partial charge on any atom is 0.469 e. The Morgan fingerprint density at radius 3 is 3.04 bits per heavy atom. The summed E-state index contributed by atoms with van der Waals surface area (Å²) >= 11 is 0. The molecule has 1 fully saturated rings. The van der Waals surface area contributed by atoms with Crippen LogP contribution in [0.5, 0.6) is 0 Å². The van der Waals surface area contributed by atoms with Crippen molar-refractivity contribution in [3.63, 3.8) is 0 Å². The Labute approximate surface area is 134 Å². The Morgan fingerprint density at radius 2 is 2.33 bits per heavy atom. The van der Waals surface area contributed by atoms with Gasteiger partial charge in [0.1, 0.15) is 18.1 Å². The van der Waals surface area contributed by atoms with Crippen molar-refractivity contribution in [2.24, 2.45) is 5.11 Å². The molecule has 3 rings (SSSR count). The molecule has 2 aromatic rings. The SMILES string of the molecule is [N-]=[N+]=N[C@@H]1CC(n2cnc3c(N)ncnc32)O[C@@H]1COP(=O)(O)O. The van der Waals surface area contributed by atoms with Gasteiger partial charge < -0.3 is 20.3 Å². The molecular formula is C10H13N8O5P. The number of fused-ring (bicyclic) bond motifs is 1. The highest BCUT2D eigenvalue weighted by Crippen LogP contribution is 2.39. The van der Waals surface area contributed by atoms with Gasteiger partial charge in [-0.1, -0.05) is 5.11 Å². The summed E-state index contributed by atoms with van der Waals surface area (Å²) < 4.78 is 22.6. The second-order valence-electron chi connectivity index (χ2n) is 5.01. The van der Waals surface area contributed by atoms with Gasteiger partial charge in [0.15, 0.2) is 11.5 Å². The second-order valence-corrected chi connectivity index (χ2v) is 6.25. The molecule has 14 heteroatoms. The normalized spacial score (nSPS) is 24.2. The van der Waals surface area contributed by atoms with Crippen LogP contribution in [0.2, 0.25) is 0 Å². The number of nitrogens with two attached hydrogens (primary N) is 1. The van der Waals surface area contributed by atoms with Crippen LogP contribution in [0.4, 0.5) is 5.82 Å². The summed E-state index contributed by atoms with van der Waals surface area (Å²) in [5.74, 6) is 0.213. The van der Waals surface area contributed by atoms with Crippen LogP contribution in [-0.4, -0.2) is 48.1 Å².